The fourth-order valence-electron chi connectivity index (χ4n) is 2.58. The Kier molecular flexibility index (Phi) is 4.59. The van der Waals surface area contributed by atoms with Crippen molar-refractivity contribution in [1.29, 1.82) is 0 Å². The van der Waals surface area contributed by atoms with Crippen molar-refractivity contribution in [2.24, 2.45) is 5.73 Å². The smallest absolute Gasteiger partial charge is 0.259 e. The normalized spacial score (nSPS) is 10.5. The van der Waals surface area contributed by atoms with Gasteiger partial charge in [-0.25, -0.2) is 0 Å². The summed E-state index contributed by atoms with van der Waals surface area (Å²) in [5.74, 6) is -0.651. The molecular weight excluding hydrogens is 340 g/mol. The maximum absolute atomic E-state index is 12.7. The number of hydrogen-bond donors (Lipinski definition) is 2. The average Bonchev–Trinajstić information content (AvgIpc) is 2.61. The molecule has 3 aromatic rings. The number of nitrogens with two attached hydrogens (primary N) is 1. The third-order valence-corrected chi connectivity index (χ3v) is 4.04. The summed E-state index contributed by atoms with van der Waals surface area (Å²) in [5, 5.41) is 4.91. The van der Waals surface area contributed by atoms with Gasteiger partial charge in [-0.05, 0) is 41.1 Å². The molecule has 0 atom stereocenters. The van der Waals surface area contributed by atoms with Crippen LogP contribution in [0.25, 0.3) is 10.8 Å². The summed E-state index contributed by atoms with van der Waals surface area (Å²) in [7, 11) is 1.50. The molecule has 3 N–H and O–H groups in total. The van der Waals surface area contributed by atoms with Gasteiger partial charge in [0.25, 0.3) is 11.8 Å². The van der Waals surface area contributed by atoms with E-state index in [0.717, 1.165) is 10.8 Å². The van der Waals surface area contributed by atoms with E-state index < -0.39 is 11.8 Å². The second-order valence-electron chi connectivity index (χ2n) is 5.41. The summed E-state index contributed by atoms with van der Waals surface area (Å²) < 4.78 is 5.34. The van der Waals surface area contributed by atoms with Crippen LogP contribution in [0.2, 0.25) is 5.02 Å². The lowest BCUT2D eigenvalue weighted by Gasteiger charge is -2.13. The maximum Gasteiger partial charge on any atom is 0.259 e. The van der Waals surface area contributed by atoms with Crippen LogP contribution < -0.4 is 15.8 Å². The van der Waals surface area contributed by atoms with Gasteiger partial charge in [-0.3, -0.25) is 9.59 Å². The van der Waals surface area contributed by atoms with Crippen LogP contribution in [0.4, 0.5) is 5.69 Å². The Morgan fingerprint density at radius 1 is 1.00 bits per heavy atom. The molecule has 0 saturated carbocycles. The summed E-state index contributed by atoms with van der Waals surface area (Å²) in [6.07, 6.45) is 0. The first-order valence-corrected chi connectivity index (χ1v) is 7.85. The molecule has 0 unspecified atom stereocenters. The lowest BCUT2D eigenvalue weighted by molar-refractivity contribution is 0.100. The third-order valence-electron chi connectivity index (χ3n) is 3.81. The second-order valence-corrected chi connectivity index (χ2v) is 5.84. The predicted octanol–water partition coefficient (Wildman–Crippen LogP) is 3.85. The summed E-state index contributed by atoms with van der Waals surface area (Å²) in [4.78, 5) is 24.3. The van der Waals surface area contributed by atoms with Crippen molar-refractivity contribution in [3.05, 3.63) is 70.7 Å². The molecule has 0 aliphatic carbocycles. The van der Waals surface area contributed by atoms with Crippen LogP contribution in [0.5, 0.6) is 5.75 Å². The van der Waals surface area contributed by atoms with Gasteiger partial charge in [0.2, 0.25) is 0 Å². The van der Waals surface area contributed by atoms with Crippen molar-refractivity contribution in [2.75, 3.05) is 12.4 Å². The van der Waals surface area contributed by atoms with E-state index in [-0.39, 0.29) is 11.3 Å². The maximum atomic E-state index is 12.7. The van der Waals surface area contributed by atoms with Crippen LogP contribution in [0.15, 0.2) is 54.6 Å². The molecule has 0 aliphatic rings. The van der Waals surface area contributed by atoms with Crippen molar-refractivity contribution in [2.45, 2.75) is 0 Å². The molecule has 2 amide bonds. The highest BCUT2D eigenvalue weighted by molar-refractivity contribution is 6.31. The largest absolute Gasteiger partial charge is 0.496 e. The summed E-state index contributed by atoms with van der Waals surface area (Å²) in [6, 6.07) is 15.7. The molecule has 25 heavy (non-hydrogen) atoms. The lowest BCUT2D eigenvalue weighted by Crippen LogP contribution is -2.18. The molecule has 0 aromatic heterocycles. The van der Waals surface area contributed by atoms with Crippen LogP contribution in [-0.2, 0) is 0 Å². The van der Waals surface area contributed by atoms with Gasteiger partial charge in [-0.1, -0.05) is 35.9 Å². The Morgan fingerprint density at radius 2 is 1.68 bits per heavy atom. The third kappa shape index (κ3) is 3.41. The van der Waals surface area contributed by atoms with Gasteiger partial charge in [0, 0.05) is 5.02 Å². The molecule has 0 saturated heterocycles. The van der Waals surface area contributed by atoms with Crippen LogP contribution in [0.1, 0.15) is 20.7 Å². The van der Waals surface area contributed by atoms with Gasteiger partial charge >= 0.3 is 0 Å². The minimum Gasteiger partial charge on any atom is -0.496 e. The van der Waals surface area contributed by atoms with Gasteiger partial charge in [0.15, 0.2) is 0 Å². The number of hydrogen-bond acceptors (Lipinski definition) is 3. The van der Waals surface area contributed by atoms with E-state index >= 15 is 0 Å². The van der Waals surface area contributed by atoms with E-state index in [1.165, 1.54) is 19.2 Å². The van der Waals surface area contributed by atoms with Crippen molar-refractivity contribution in [3.8, 4) is 5.75 Å². The average molecular weight is 355 g/mol. The first-order chi connectivity index (χ1) is 12.0. The van der Waals surface area contributed by atoms with E-state index in [1.807, 2.05) is 24.3 Å². The number of carbonyl (C=O) groups is 2. The van der Waals surface area contributed by atoms with Crippen LogP contribution in [-0.4, -0.2) is 18.9 Å². The fourth-order valence-corrected chi connectivity index (χ4v) is 2.76. The Labute approximate surface area is 149 Å². The quantitative estimate of drug-likeness (QED) is 0.746. The zero-order chi connectivity index (χ0) is 18.0. The molecule has 3 rings (SSSR count). The molecule has 3 aromatic carbocycles. The topological polar surface area (TPSA) is 81.4 Å². The van der Waals surface area contributed by atoms with E-state index in [2.05, 4.69) is 5.32 Å². The minimum absolute atomic E-state index is 0.139. The van der Waals surface area contributed by atoms with Crippen molar-refractivity contribution < 1.29 is 14.3 Å². The Morgan fingerprint density at radius 3 is 2.32 bits per heavy atom. The van der Waals surface area contributed by atoms with Crippen LogP contribution in [0, 0.1) is 0 Å². The minimum atomic E-state index is -0.678. The molecule has 126 valence electrons. The highest BCUT2D eigenvalue weighted by Crippen LogP contribution is 2.28. The standard InChI is InChI=1S/C19H15ClN2O3/c1-25-17-9-12-5-3-2-4-11(12)8-15(17)19(24)22-16-7-6-13(20)10-14(16)18(21)23/h2-10H,1H3,(H2,21,23)(H,22,24). The highest BCUT2D eigenvalue weighted by Gasteiger charge is 2.17. The van der Waals surface area contributed by atoms with E-state index in [1.54, 1.807) is 18.2 Å². The number of fused-ring (bicyclic) bond motifs is 1. The Hall–Kier alpha value is -3.05. The molecule has 0 aliphatic heterocycles. The monoisotopic (exact) mass is 354 g/mol. The van der Waals surface area contributed by atoms with Gasteiger partial charge in [-0.2, -0.15) is 0 Å². The number of nitrogens with one attached hydrogen (secondary N) is 1. The number of halogens is 1. The number of methoxy groups -OCH3 is 1. The first kappa shape index (κ1) is 16.8. The van der Waals surface area contributed by atoms with Crippen molar-refractivity contribution in [3.63, 3.8) is 0 Å². The molecule has 0 fully saturated rings. The second kappa shape index (κ2) is 6.83. The van der Waals surface area contributed by atoms with Gasteiger partial charge < -0.3 is 15.8 Å². The molecule has 0 heterocycles. The van der Waals surface area contributed by atoms with E-state index in [4.69, 9.17) is 22.1 Å². The van der Waals surface area contributed by atoms with E-state index in [0.29, 0.717) is 16.3 Å². The fraction of sp³-hybridized carbons (Fsp3) is 0.0526. The number of amides is 2. The molecule has 6 heteroatoms. The number of carbonyl (C=O) groups excluding carboxylic acids is 2. The number of rotatable bonds is 4. The van der Waals surface area contributed by atoms with Gasteiger partial charge in [0.1, 0.15) is 5.75 Å². The van der Waals surface area contributed by atoms with Crippen LogP contribution in [0.3, 0.4) is 0 Å². The zero-order valence-electron chi connectivity index (χ0n) is 13.4. The first-order valence-electron chi connectivity index (χ1n) is 7.47. The molecule has 5 nitrogen and oxygen atoms in total. The number of ether oxygens (including phenoxy) is 1. The molecular formula is C19H15ClN2O3. The van der Waals surface area contributed by atoms with Gasteiger partial charge in [0.05, 0.1) is 23.9 Å². The summed E-state index contributed by atoms with van der Waals surface area (Å²) in [6.45, 7) is 0. The molecule has 0 radical (unpaired) electrons. The Bertz CT molecular complexity index is 986. The van der Waals surface area contributed by atoms with Crippen molar-refractivity contribution >= 4 is 39.9 Å². The summed E-state index contributed by atoms with van der Waals surface area (Å²) in [5.41, 5.74) is 6.14. The van der Waals surface area contributed by atoms with Crippen molar-refractivity contribution in [1.82, 2.24) is 0 Å². The number of primary amides is 1. The van der Waals surface area contributed by atoms with Crippen LogP contribution >= 0.6 is 11.6 Å². The Balaban J connectivity index is 2.02. The predicted molar refractivity (Wildman–Crippen MR) is 98.4 cm³/mol. The number of anilines is 1. The SMILES string of the molecule is COc1cc2ccccc2cc1C(=O)Nc1ccc(Cl)cc1C(N)=O. The summed E-state index contributed by atoms with van der Waals surface area (Å²) >= 11 is 5.89. The molecule has 0 spiro atoms. The number of benzene rings is 3. The zero-order valence-corrected chi connectivity index (χ0v) is 14.1. The highest BCUT2D eigenvalue weighted by atomic mass is 35.5. The van der Waals surface area contributed by atoms with E-state index in [9.17, 15) is 9.59 Å². The van der Waals surface area contributed by atoms with Gasteiger partial charge in [-0.15, -0.1) is 0 Å². The lowest BCUT2D eigenvalue weighted by atomic mass is 10.0. The molecule has 0 bridgehead atoms.